The third-order valence-electron chi connectivity index (χ3n) is 2.84. The number of methoxy groups -OCH3 is 1. The van der Waals surface area contributed by atoms with Gasteiger partial charge in [0.25, 0.3) is 8.87 Å². The van der Waals surface area contributed by atoms with Crippen molar-refractivity contribution < 1.29 is 22.7 Å². The molecule has 0 saturated carbocycles. The smallest absolute Gasteiger partial charge is 0.306 e. The minimum absolute atomic E-state index is 0.0239. The van der Waals surface area contributed by atoms with Gasteiger partial charge in [-0.05, 0) is 22.9 Å². The van der Waals surface area contributed by atoms with E-state index in [1.165, 1.54) is 14.0 Å². The molecule has 9 heteroatoms. The maximum absolute atomic E-state index is 12.4. The van der Waals surface area contributed by atoms with Gasteiger partial charge >= 0.3 is 5.97 Å². The maximum Gasteiger partial charge on any atom is 0.306 e. The number of hydrogen-bond donors (Lipinski definition) is 0. The Bertz CT molecular complexity index is 826. The number of carbonyl (C=O) groups excluding carboxylic acids is 2. The van der Waals surface area contributed by atoms with Crippen molar-refractivity contribution in [3.63, 3.8) is 0 Å². The van der Waals surface area contributed by atoms with E-state index in [0.717, 1.165) is 4.57 Å². The van der Waals surface area contributed by atoms with E-state index >= 15 is 0 Å². The van der Waals surface area contributed by atoms with E-state index in [2.05, 4.69) is 9.72 Å². The third kappa shape index (κ3) is 3.30. The number of imidazole rings is 1. The molecule has 0 radical (unpaired) electrons. The van der Waals surface area contributed by atoms with Crippen LogP contribution in [0.15, 0.2) is 29.4 Å². The normalized spacial score (nSPS) is 11.5. The van der Waals surface area contributed by atoms with E-state index < -0.39 is 20.7 Å². The lowest BCUT2D eigenvalue weighted by atomic mass is 10.3. The molecule has 0 aliphatic heterocycles. The van der Waals surface area contributed by atoms with Gasteiger partial charge in [-0.1, -0.05) is 12.1 Å². The van der Waals surface area contributed by atoms with E-state index in [9.17, 15) is 18.0 Å². The van der Waals surface area contributed by atoms with Gasteiger partial charge < -0.3 is 4.74 Å². The number of ether oxygens (including phenoxy) is 1. The fourth-order valence-electron chi connectivity index (χ4n) is 1.87. The molecule has 2 aromatic rings. The monoisotopic (exact) mass is 342 g/mol. The first kappa shape index (κ1) is 16.5. The van der Waals surface area contributed by atoms with Crippen LogP contribution in [-0.4, -0.2) is 42.7 Å². The van der Waals surface area contributed by atoms with Crippen LogP contribution in [0.1, 0.15) is 18.1 Å². The Morgan fingerprint density at radius 3 is 2.64 bits per heavy atom. The van der Waals surface area contributed by atoms with Crippen molar-refractivity contribution in [2.75, 3.05) is 12.9 Å². The zero-order valence-corrected chi connectivity index (χ0v) is 13.6. The summed E-state index contributed by atoms with van der Waals surface area (Å²) in [7, 11) is -2.07. The summed E-state index contributed by atoms with van der Waals surface area (Å²) in [6.07, 6.45) is -0.0410. The molecule has 0 N–H and O–H groups in total. The molecule has 1 heterocycles. The highest BCUT2D eigenvalue weighted by atomic mass is 33.1. The topological polar surface area (TPSA) is 95.3 Å². The lowest BCUT2D eigenvalue weighted by Gasteiger charge is -2.05. The molecule has 0 atom stereocenters. The Morgan fingerprint density at radius 2 is 2.00 bits per heavy atom. The number of rotatable bonds is 5. The molecule has 1 aromatic heterocycles. The molecule has 2 rings (SSSR count). The highest BCUT2D eigenvalue weighted by molar-refractivity contribution is 8.72. The second-order valence-corrected chi connectivity index (χ2v) is 8.28. The second kappa shape index (κ2) is 6.49. The van der Waals surface area contributed by atoms with Gasteiger partial charge in [-0.25, -0.2) is 13.4 Å². The summed E-state index contributed by atoms with van der Waals surface area (Å²) in [5, 5.41) is -0.323. The molecular weight excluding hydrogens is 328 g/mol. The van der Waals surface area contributed by atoms with E-state index in [1.54, 1.807) is 24.3 Å². The number of esters is 1. The van der Waals surface area contributed by atoms with Crippen LogP contribution in [0.3, 0.4) is 0 Å². The van der Waals surface area contributed by atoms with Gasteiger partial charge in [0.05, 0.1) is 24.6 Å². The van der Waals surface area contributed by atoms with E-state index in [1.807, 2.05) is 0 Å². The number of para-hydroxylation sites is 2. The average molecular weight is 342 g/mol. The van der Waals surface area contributed by atoms with Gasteiger partial charge in [-0.15, -0.1) is 0 Å². The Labute approximate surface area is 131 Å². The first-order valence-electron chi connectivity index (χ1n) is 6.31. The quantitative estimate of drug-likeness (QED) is 0.602. The number of benzene rings is 1. The maximum atomic E-state index is 12.4. The molecule has 0 amide bonds. The molecule has 0 unspecified atom stereocenters. The number of hydrogen-bond acceptors (Lipinski definition) is 7. The predicted octanol–water partition coefficient (Wildman–Crippen LogP) is 1.68. The summed E-state index contributed by atoms with van der Waals surface area (Å²) in [6.45, 7) is 1.27. The molecule has 0 fully saturated rings. The van der Waals surface area contributed by atoms with Crippen LogP contribution < -0.4 is 0 Å². The Balaban J connectivity index is 2.38. The molecule has 1 aromatic carbocycles. The molecule has 22 heavy (non-hydrogen) atoms. The van der Waals surface area contributed by atoms with Crippen molar-refractivity contribution in [2.24, 2.45) is 0 Å². The Morgan fingerprint density at radius 1 is 1.32 bits per heavy atom. The Hall–Kier alpha value is -1.87. The zero-order valence-electron chi connectivity index (χ0n) is 12.0. The van der Waals surface area contributed by atoms with Crippen molar-refractivity contribution in [3.05, 3.63) is 24.3 Å². The molecule has 0 bridgehead atoms. The largest absolute Gasteiger partial charge is 0.469 e. The van der Waals surface area contributed by atoms with Crippen LogP contribution in [0.5, 0.6) is 0 Å². The van der Waals surface area contributed by atoms with Crippen LogP contribution in [0.4, 0.5) is 0 Å². The second-order valence-electron chi connectivity index (χ2n) is 4.34. The van der Waals surface area contributed by atoms with Crippen LogP contribution >= 0.6 is 10.8 Å². The first-order chi connectivity index (χ1) is 10.4. The number of aromatic nitrogens is 2. The number of fused-ring (bicyclic) bond motifs is 1. The Kier molecular flexibility index (Phi) is 4.87. The lowest BCUT2D eigenvalue weighted by Crippen LogP contribution is -2.14. The molecular formula is C13H14N2O5S2. The summed E-state index contributed by atoms with van der Waals surface area (Å²) < 4.78 is 30.3. The van der Waals surface area contributed by atoms with Crippen molar-refractivity contribution >= 4 is 42.6 Å². The van der Waals surface area contributed by atoms with Crippen molar-refractivity contribution in [2.45, 2.75) is 18.5 Å². The molecule has 118 valence electrons. The summed E-state index contributed by atoms with van der Waals surface area (Å²) in [5.74, 6) is -0.917. The van der Waals surface area contributed by atoms with E-state index in [0.29, 0.717) is 21.8 Å². The lowest BCUT2D eigenvalue weighted by molar-refractivity contribution is -0.140. The molecule has 0 saturated heterocycles. The van der Waals surface area contributed by atoms with Gasteiger partial charge in [-0.3, -0.25) is 14.2 Å². The zero-order chi connectivity index (χ0) is 16.3. The minimum Gasteiger partial charge on any atom is -0.469 e. The first-order valence-corrected chi connectivity index (χ1v) is 9.30. The predicted molar refractivity (Wildman–Crippen MR) is 82.3 cm³/mol. The van der Waals surface area contributed by atoms with Gasteiger partial charge in [0, 0.05) is 12.7 Å². The van der Waals surface area contributed by atoms with Gasteiger partial charge in [0.2, 0.25) is 11.1 Å². The molecule has 0 spiro atoms. The highest BCUT2D eigenvalue weighted by Crippen LogP contribution is 2.27. The summed E-state index contributed by atoms with van der Waals surface area (Å²) in [4.78, 5) is 26.9. The third-order valence-corrected chi connectivity index (χ3v) is 6.12. The van der Waals surface area contributed by atoms with Crippen LogP contribution in [0, 0.1) is 0 Å². The fourth-order valence-corrected chi connectivity index (χ4v) is 4.66. The minimum atomic E-state index is -3.86. The van der Waals surface area contributed by atoms with Crippen molar-refractivity contribution in [1.82, 2.24) is 9.55 Å². The number of carbonyl (C=O) groups is 2. The molecule has 7 nitrogen and oxygen atoms in total. The van der Waals surface area contributed by atoms with Crippen molar-refractivity contribution in [1.29, 1.82) is 0 Å². The van der Waals surface area contributed by atoms with Crippen LogP contribution in [0.25, 0.3) is 11.0 Å². The van der Waals surface area contributed by atoms with E-state index in [-0.39, 0.29) is 17.3 Å². The van der Waals surface area contributed by atoms with Crippen LogP contribution in [0.2, 0.25) is 0 Å². The highest BCUT2D eigenvalue weighted by Gasteiger charge is 2.26. The standard InChI is InChI=1S/C13H14N2O5S2/c1-9(16)15-11-6-4-3-5-10(11)14-13(15)22(18,19)21-8-7-12(17)20-2/h3-6H,7-8H2,1-2H3. The van der Waals surface area contributed by atoms with Gasteiger partial charge in [-0.2, -0.15) is 0 Å². The molecule has 0 aliphatic carbocycles. The summed E-state index contributed by atoms with van der Waals surface area (Å²) in [5.41, 5.74) is 0.854. The molecule has 0 aliphatic rings. The summed E-state index contributed by atoms with van der Waals surface area (Å²) >= 11 is 0. The van der Waals surface area contributed by atoms with Gasteiger partial charge in [0.1, 0.15) is 0 Å². The van der Waals surface area contributed by atoms with E-state index in [4.69, 9.17) is 0 Å². The average Bonchev–Trinajstić information content (AvgIpc) is 2.87. The SMILES string of the molecule is COC(=O)CCSS(=O)(=O)c1nc2ccccc2n1C(C)=O. The summed E-state index contributed by atoms with van der Waals surface area (Å²) in [6, 6.07) is 6.67. The fraction of sp³-hybridized carbons (Fsp3) is 0.308. The van der Waals surface area contributed by atoms with Crippen LogP contribution in [-0.2, 0) is 18.4 Å². The van der Waals surface area contributed by atoms with Crippen molar-refractivity contribution in [3.8, 4) is 0 Å². The number of nitrogens with zero attached hydrogens (tertiary/aromatic N) is 2. The van der Waals surface area contributed by atoms with Gasteiger partial charge in [0.15, 0.2) is 0 Å².